The average Bonchev–Trinajstić information content (AvgIpc) is 2.80. The van der Waals surface area contributed by atoms with Crippen molar-refractivity contribution >= 4 is 34.8 Å². The lowest BCUT2D eigenvalue weighted by Crippen LogP contribution is -2.45. The summed E-state index contributed by atoms with van der Waals surface area (Å²) in [6.07, 6.45) is 0.504. The Bertz CT molecular complexity index is 803. The average molecular weight is 308 g/mol. The highest BCUT2D eigenvalue weighted by molar-refractivity contribution is 7.80. The molecule has 2 amide bonds. The summed E-state index contributed by atoms with van der Waals surface area (Å²) < 4.78 is 0. The number of benzene rings is 2. The molecule has 4 nitrogen and oxygen atoms in total. The van der Waals surface area contributed by atoms with Gasteiger partial charge in [-0.25, -0.2) is 0 Å². The number of anilines is 1. The largest absolute Gasteiger partial charge is 0.272 e. The Morgan fingerprint density at radius 1 is 0.955 bits per heavy atom. The fourth-order valence-electron chi connectivity index (χ4n) is 3.06. The molecule has 2 aromatic carbocycles. The van der Waals surface area contributed by atoms with Crippen molar-refractivity contribution in [2.75, 3.05) is 4.90 Å². The summed E-state index contributed by atoms with van der Waals surface area (Å²) >= 11 is 5.41. The van der Waals surface area contributed by atoms with Crippen molar-refractivity contribution in [2.24, 2.45) is 0 Å². The van der Waals surface area contributed by atoms with Gasteiger partial charge in [-0.05, 0) is 36.0 Å². The van der Waals surface area contributed by atoms with Crippen molar-refractivity contribution in [3.05, 3.63) is 65.7 Å². The number of fused-ring (bicyclic) bond motifs is 2. The van der Waals surface area contributed by atoms with Crippen LogP contribution in [0.2, 0.25) is 0 Å². The molecule has 2 heterocycles. The van der Waals surface area contributed by atoms with Gasteiger partial charge in [-0.1, -0.05) is 36.4 Å². The highest BCUT2D eigenvalue weighted by atomic mass is 32.1. The number of thiocarbonyl (C=S) groups is 1. The number of para-hydroxylation sites is 1. The fraction of sp³-hybridized carbons (Fsp3) is 0.118. The van der Waals surface area contributed by atoms with Crippen LogP contribution < -0.4 is 4.90 Å². The number of nitrogens with zero attached hydrogens (tertiary/aromatic N) is 2. The van der Waals surface area contributed by atoms with Crippen LogP contribution in [0.1, 0.15) is 15.9 Å². The van der Waals surface area contributed by atoms with Crippen LogP contribution in [0.4, 0.5) is 5.69 Å². The summed E-state index contributed by atoms with van der Waals surface area (Å²) in [5, 5.41) is 0.265. The molecule has 0 N–H and O–H groups in total. The molecule has 0 saturated carbocycles. The molecule has 5 heteroatoms. The van der Waals surface area contributed by atoms with Crippen LogP contribution in [0.3, 0.4) is 0 Å². The number of carbonyl (C=O) groups is 2. The SMILES string of the molecule is O=C1C2Cc3ccccc3C(=O)N2C(=S)N1c1ccccc1. The predicted molar refractivity (Wildman–Crippen MR) is 86.6 cm³/mol. The molecule has 1 atom stereocenters. The highest BCUT2D eigenvalue weighted by Crippen LogP contribution is 2.32. The van der Waals surface area contributed by atoms with Crippen molar-refractivity contribution in [1.29, 1.82) is 0 Å². The smallest absolute Gasteiger partial charge is 0.261 e. The molecule has 0 spiro atoms. The lowest BCUT2D eigenvalue weighted by molar-refractivity contribution is -0.119. The molecule has 2 aromatic rings. The normalized spacial score (nSPS) is 20.2. The molecule has 0 bridgehead atoms. The van der Waals surface area contributed by atoms with Crippen LogP contribution in [-0.2, 0) is 11.2 Å². The van der Waals surface area contributed by atoms with Gasteiger partial charge in [0.05, 0.1) is 5.69 Å². The van der Waals surface area contributed by atoms with E-state index < -0.39 is 6.04 Å². The quantitative estimate of drug-likeness (QED) is 0.760. The topological polar surface area (TPSA) is 40.6 Å². The minimum absolute atomic E-state index is 0.140. The van der Waals surface area contributed by atoms with E-state index in [-0.39, 0.29) is 16.9 Å². The minimum Gasteiger partial charge on any atom is -0.272 e. The summed E-state index contributed by atoms with van der Waals surface area (Å²) in [5.74, 6) is -0.331. The number of hydrogen-bond acceptors (Lipinski definition) is 3. The van der Waals surface area contributed by atoms with Gasteiger partial charge in [0, 0.05) is 12.0 Å². The molecule has 22 heavy (non-hydrogen) atoms. The van der Waals surface area contributed by atoms with E-state index in [1.807, 2.05) is 48.5 Å². The Morgan fingerprint density at radius 3 is 2.41 bits per heavy atom. The molecule has 1 saturated heterocycles. The van der Waals surface area contributed by atoms with Gasteiger partial charge in [0.15, 0.2) is 5.11 Å². The first-order valence-electron chi connectivity index (χ1n) is 7.03. The monoisotopic (exact) mass is 308 g/mol. The van der Waals surface area contributed by atoms with E-state index in [0.717, 1.165) is 5.56 Å². The minimum atomic E-state index is -0.532. The first kappa shape index (κ1) is 13.2. The zero-order valence-corrected chi connectivity index (χ0v) is 12.4. The van der Waals surface area contributed by atoms with Crippen LogP contribution in [0.25, 0.3) is 0 Å². The molecule has 0 aromatic heterocycles. The third-order valence-corrected chi connectivity index (χ3v) is 4.49. The first-order valence-corrected chi connectivity index (χ1v) is 7.44. The maximum absolute atomic E-state index is 12.8. The van der Waals surface area contributed by atoms with E-state index in [9.17, 15) is 9.59 Å². The van der Waals surface area contributed by atoms with Crippen molar-refractivity contribution in [3.8, 4) is 0 Å². The van der Waals surface area contributed by atoms with E-state index >= 15 is 0 Å². The predicted octanol–water partition coefficient (Wildman–Crippen LogP) is 2.39. The third-order valence-electron chi connectivity index (χ3n) is 4.11. The zero-order valence-electron chi connectivity index (χ0n) is 11.6. The number of amides is 2. The van der Waals surface area contributed by atoms with E-state index in [0.29, 0.717) is 17.7 Å². The molecular formula is C17H12N2O2S. The molecule has 2 aliphatic heterocycles. The Balaban J connectivity index is 1.80. The van der Waals surface area contributed by atoms with Gasteiger partial charge in [-0.3, -0.25) is 19.4 Å². The third kappa shape index (κ3) is 1.72. The van der Waals surface area contributed by atoms with Crippen LogP contribution in [0.5, 0.6) is 0 Å². The standard InChI is InChI=1S/C17H12N2O2S/c20-15-13-9-5-4-6-11(13)10-14-16(21)18(17(22)19(14)15)12-7-2-1-3-8-12/h1-9,14H,10H2. The van der Waals surface area contributed by atoms with Gasteiger partial charge in [0.2, 0.25) is 0 Å². The van der Waals surface area contributed by atoms with E-state index in [1.165, 1.54) is 9.80 Å². The first-order chi connectivity index (χ1) is 10.7. The van der Waals surface area contributed by atoms with Crippen LogP contribution in [-0.4, -0.2) is 27.9 Å². The summed E-state index contributed by atoms with van der Waals surface area (Å²) in [7, 11) is 0. The van der Waals surface area contributed by atoms with Gasteiger partial charge >= 0.3 is 0 Å². The number of hydrogen-bond donors (Lipinski definition) is 0. The Hall–Kier alpha value is -2.53. The highest BCUT2D eigenvalue weighted by Gasteiger charge is 2.49. The number of rotatable bonds is 1. The molecule has 108 valence electrons. The lowest BCUT2D eigenvalue weighted by Gasteiger charge is -2.28. The fourth-order valence-corrected chi connectivity index (χ4v) is 3.47. The summed E-state index contributed by atoms with van der Waals surface area (Å²) in [6, 6.07) is 16.1. The van der Waals surface area contributed by atoms with Crippen molar-refractivity contribution in [1.82, 2.24) is 4.90 Å². The Labute approximate surface area is 133 Å². The van der Waals surface area contributed by atoms with E-state index in [2.05, 4.69) is 0 Å². The molecule has 0 radical (unpaired) electrons. The summed E-state index contributed by atoms with van der Waals surface area (Å²) in [5.41, 5.74) is 2.23. The second-order valence-corrected chi connectivity index (χ2v) is 5.71. The van der Waals surface area contributed by atoms with Crippen LogP contribution in [0.15, 0.2) is 54.6 Å². The zero-order chi connectivity index (χ0) is 15.3. The maximum Gasteiger partial charge on any atom is 0.261 e. The number of carbonyl (C=O) groups excluding carboxylic acids is 2. The molecule has 1 unspecified atom stereocenters. The van der Waals surface area contributed by atoms with Gasteiger partial charge in [0.25, 0.3) is 11.8 Å². The molecule has 4 rings (SSSR count). The van der Waals surface area contributed by atoms with Crippen LogP contribution >= 0.6 is 12.2 Å². The molecule has 2 aliphatic rings. The van der Waals surface area contributed by atoms with Gasteiger partial charge in [-0.2, -0.15) is 0 Å². The maximum atomic E-state index is 12.8. The second kappa shape index (κ2) is 4.74. The molecular weight excluding hydrogens is 296 g/mol. The Kier molecular flexibility index (Phi) is 2.84. The van der Waals surface area contributed by atoms with E-state index in [4.69, 9.17) is 12.2 Å². The summed E-state index contributed by atoms with van der Waals surface area (Å²) in [4.78, 5) is 28.4. The van der Waals surface area contributed by atoms with Crippen molar-refractivity contribution in [2.45, 2.75) is 12.5 Å². The second-order valence-electron chi connectivity index (χ2n) is 5.34. The van der Waals surface area contributed by atoms with Crippen molar-refractivity contribution in [3.63, 3.8) is 0 Å². The lowest BCUT2D eigenvalue weighted by atomic mass is 9.94. The van der Waals surface area contributed by atoms with Crippen molar-refractivity contribution < 1.29 is 9.59 Å². The van der Waals surface area contributed by atoms with Gasteiger partial charge < -0.3 is 0 Å². The van der Waals surface area contributed by atoms with Crippen LogP contribution in [0, 0.1) is 0 Å². The van der Waals surface area contributed by atoms with Gasteiger partial charge in [-0.15, -0.1) is 0 Å². The van der Waals surface area contributed by atoms with E-state index in [1.54, 1.807) is 6.07 Å². The molecule has 0 aliphatic carbocycles. The molecule has 1 fully saturated rings. The summed E-state index contributed by atoms with van der Waals surface area (Å²) in [6.45, 7) is 0. The Morgan fingerprint density at radius 2 is 1.64 bits per heavy atom. The van der Waals surface area contributed by atoms with Gasteiger partial charge in [0.1, 0.15) is 6.04 Å².